The maximum atomic E-state index is 12.8. The van der Waals surface area contributed by atoms with Gasteiger partial charge in [-0.1, -0.05) is 6.07 Å². The molecule has 24 heavy (non-hydrogen) atoms. The molecule has 134 valence electrons. The van der Waals surface area contributed by atoms with E-state index in [0.29, 0.717) is 11.1 Å². The highest BCUT2D eigenvalue weighted by Gasteiger charge is 2.28. The van der Waals surface area contributed by atoms with Crippen molar-refractivity contribution in [1.29, 1.82) is 0 Å². The summed E-state index contributed by atoms with van der Waals surface area (Å²) in [6, 6.07) is 4.92. The monoisotopic (exact) mass is 380 g/mol. The van der Waals surface area contributed by atoms with E-state index >= 15 is 0 Å². The molecule has 0 aliphatic rings. The van der Waals surface area contributed by atoms with Crippen LogP contribution in [0.1, 0.15) is 30.6 Å². The van der Waals surface area contributed by atoms with Crippen LogP contribution in [0.5, 0.6) is 0 Å². The molecule has 0 aliphatic heterocycles. The number of hydrogen-bond acceptors (Lipinski definition) is 4. The van der Waals surface area contributed by atoms with E-state index < -0.39 is 22.6 Å². The first kappa shape index (κ1) is 20.5. The van der Waals surface area contributed by atoms with Crippen LogP contribution in [0.2, 0.25) is 0 Å². The van der Waals surface area contributed by atoms with Crippen molar-refractivity contribution in [3.8, 4) is 0 Å². The van der Waals surface area contributed by atoms with Gasteiger partial charge in [0.25, 0.3) is 0 Å². The molecule has 0 saturated carbocycles. The molecule has 1 N–H and O–H groups in total. The first-order chi connectivity index (χ1) is 10.7. The van der Waals surface area contributed by atoms with E-state index in [0.717, 1.165) is 5.69 Å². The van der Waals surface area contributed by atoms with Crippen molar-refractivity contribution in [1.82, 2.24) is 19.5 Å². The topological polar surface area (TPSA) is 76.9 Å². The molecule has 0 fully saturated rings. The molecular weight excluding hydrogens is 362 g/mol. The Labute approximate surface area is 145 Å². The van der Waals surface area contributed by atoms with Gasteiger partial charge in [-0.05, 0) is 32.9 Å². The van der Waals surface area contributed by atoms with Gasteiger partial charge in [-0.15, -0.1) is 12.4 Å². The van der Waals surface area contributed by atoms with Crippen LogP contribution in [-0.4, -0.2) is 29.2 Å². The number of nitrogens with zero attached hydrogens (tertiary/aromatic N) is 3. The number of aromatic nitrogens is 3. The summed E-state index contributed by atoms with van der Waals surface area (Å²) in [5.41, 5.74) is 0.690. The van der Waals surface area contributed by atoms with Gasteiger partial charge < -0.3 is 0 Å². The summed E-state index contributed by atoms with van der Waals surface area (Å²) in [7, 11) is -3.95. The Morgan fingerprint density at radius 2 is 1.96 bits per heavy atom. The maximum absolute atomic E-state index is 12.8. The maximum Gasteiger partial charge on any atom is 0.333 e. The molecule has 0 bridgehead atoms. The van der Waals surface area contributed by atoms with Gasteiger partial charge >= 0.3 is 6.55 Å². The predicted molar refractivity (Wildman–Crippen MR) is 87.9 cm³/mol. The zero-order valence-electron chi connectivity index (χ0n) is 13.4. The third-order valence-electron chi connectivity index (χ3n) is 3.31. The first-order valence-electron chi connectivity index (χ1n) is 6.98. The normalized spacial score (nSPS) is 12.9. The van der Waals surface area contributed by atoms with Gasteiger partial charge in [0.15, 0.2) is 0 Å². The molecule has 0 amide bonds. The second-order valence-corrected chi connectivity index (χ2v) is 6.92. The van der Waals surface area contributed by atoms with Gasteiger partial charge in [0, 0.05) is 24.4 Å². The molecule has 0 saturated heterocycles. The standard InChI is InChI=1S/C14H18F2N4O2S.ClH/c1-9(8-12-6-4-5-7-17-12)19-23(21,22)13-10(2)18-20(11(13)3)14(15)16;/h4-7,9,14,19H,8H2,1-3H3;1H. The van der Waals surface area contributed by atoms with Gasteiger partial charge in [0.05, 0.1) is 11.4 Å². The lowest BCUT2D eigenvalue weighted by Gasteiger charge is -2.14. The molecule has 2 heterocycles. The fraction of sp³-hybridized carbons (Fsp3) is 0.429. The molecule has 1 atom stereocenters. The third-order valence-corrected chi connectivity index (χ3v) is 5.15. The second-order valence-electron chi connectivity index (χ2n) is 5.27. The van der Waals surface area contributed by atoms with Gasteiger partial charge in [-0.25, -0.2) is 17.8 Å². The minimum absolute atomic E-state index is 0. The van der Waals surface area contributed by atoms with Crippen molar-refractivity contribution in [2.24, 2.45) is 0 Å². The van der Waals surface area contributed by atoms with E-state index in [2.05, 4.69) is 14.8 Å². The number of alkyl halides is 2. The zero-order valence-corrected chi connectivity index (χ0v) is 15.0. The number of aryl methyl sites for hydroxylation is 1. The Balaban J connectivity index is 0.00000288. The van der Waals surface area contributed by atoms with Crippen LogP contribution in [0, 0.1) is 13.8 Å². The van der Waals surface area contributed by atoms with E-state index in [1.54, 1.807) is 25.3 Å². The van der Waals surface area contributed by atoms with Crippen LogP contribution in [0.15, 0.2) is 29.3 Å². The Kier molecular flexibility index (Phi) is 6.82. The number of pyridine rings is 1. The van der Waals surface area contributed by atoms with Crippen molar-refractivity contribution in [3.05, 3.63) is 41.5 Å². The average Bonchev–Trinajstić information content (AvgIpc) is 2.75. The van der Waals surface area contributed by atoms with E-state index in [4.69, 9.17) is 0 Å². The minimum Gasteiger partial charge on any atom is -0.261 e. The lowest BCUT2D eigenvalue weighted by molar-refractivity contribution is 0.0538. The van der Waals surface area contributed by atoms with Crippen molar-refractivity contribution in [3.63, 3.8) is 0 Å². The van der Waals surface area contributed by atoms with E-state index in [9.17, 15) is 17.2 Å². The lowest BCUT2D eigenvalue weighted by Crippen LogP contribution is -2.34. The molecule has 2 aromatic heterocycles. The van der Waals surface area contributed by atoms with Crippen molar-refractivity contribution in [2.75, 3.05) is 0 Å². The van der Waals surface area contributed by atoms with Crippen LogP contribution < -0.4 is 4.72 Å². The molecule has 1 unspecified atom stereocenters. The van der Waals surface area contributed by atoms with Gasteiger partial charge in [-0.2, -0.15) is 13.9 Å². The number of nitrogens with one attached hydrogen (secondary N) is 1. The highest BCUT2D eigenvalue weighted by molar-refractivity contribution is 7.89. The van der Waals surface area contributed by atoms with E-state index in [1.165, 1.54) is 13.8 Å². The summed E-state index contributed by atoms with van der Waals surface area (Å²) in [4.78, 5) is 3.93. The second kappa shape index (κ2) is 8.00. The number of halogens is 3. The molecular formula is C14H19ClF2N4O2S. The van der Waals surface area contributed by atoms with Crippen LogP contribution >= 0.6 is 12.4 Å². The number of rotatable bonds is 6. The molecule has 0 spiro atoms. The summed E-state index contributed by atoms with van der Waals surface area (Å²) < 4.78 is 53.5. The largest absolute Gasteiger partial charge is 0.333 e. The van der Waals surface area contributed by atoms with E-state index in [1.807, 2.05) is 6.07 Å². The Morgan fingerprint density at radius 1 is 1.29 bits per heavy atom. The molecule has 0 aliphatic carbocycles. The highest BCUT2D eigenvalue weighted by atomic mass is 35.5. The molecule has 0 radical (unpaired) electrons. The van der Waals surface area contributed by atoms with E-state index in [-0.39, 0.29) is 28.7 Å². The van der Waals surface area contributed by atoms with Gasteiger partial charge in [-0.3, -0.25) is 4.98 Å². The van der Waals surface area contributed by atoms with Crippen molar-refractivity contribution in [2.45, 2.75) is 44.7 Å². The Bertz CT molecular complexity index is 782. The minimum atomic E-state index is -3.95. The van der Waals surface area contributed by atoms with Gasteiger partial charge in [0.2, 0.25) is 10.0 Å². The summed E-state index contributed by atoms with van der Waals surface area (Å²) in [6.07, 6.45) is 2.01. The fourth-order valence-corrected chi connectivity index (χ4v) is 4.07. The highest BCUT2D eigenvalue weighted by Crippen LogP contribution is 2.23. The first-order valence-corrected chi connectivity index (χ1v) is 8.46. The summed E-state index contributed by atoms with van der Waals surface area (Å²) in [5, 5.41) is 3.60. The zero-order chi connectivity index (χ0) is 17.2. The van der Waals surface area contributed by atoms with Gasteiger partial charge in [0.1, 0.15) is 4.90 Å². The Hall–Kier alpha value is -1.58. The molecule has 2 aromatic rings. The molecule has 10 heteroatoms. The summed E-state index contributed by atoms with van der Waals surface area (Å²) >= 11 is 0. The lowest BCUT2D eigenvalue weighted by atomic mass is 10.2. The van der Waals surface area contributed by atoms with Crippen molar-refractivity contribution >= 4 is 22.4 Å². The van der Waals surface area contributed by atoms with Crippen LogP contribution in [0.3, 0.4) is 0 Å². The SMILES string of the molecule is Cc1nn(C(F)F)c(C)c1S(=O)(=O)NC(C)Cc1ccccn1.Cl. The number of hydrogen-bond donors (Lipinski definition) is 1. The average molecular weight is 381 g/mol. The number of sulfonamides is 1. The van der Waals surface area contributed by atoms with Crippen LogP contribution in [-0.2, 0) is 16.4 Å². The summed E-state index contributed by atoms with van der Waals surface area (Å²) in [6.45, 7) is 1.51. The summed E-state index contributed by atoms with van der Waals surface area (Å²) in [5.74, 6) is 0. The van der Waals surface area contributed by atoms with Crippen LogP contribution in [0.25, 0.3) is 0 Å². The third kappa shape index (κ3) is 4.49. The van der Waals surface area contributed by atoms with Crippen LogP contribution in [0.4, 0.5) is 8.78 Å². The molecule has 0 aromatic carbocycles. The molecule has 6 nitrogen and oxygen atoms in total. The smallest absolute Gasteiger partial charge is 0.261 e. The Morgan fingerprint density at radius 3 is 2.46 bits per heavy atom. The predicted octanol–water partition coefficient (Wildman–Crippen LogP) is 2.62. The molecule has 2 rings (SSSR count). The quantitative estimate of drug-likeness (QED) is 0.835. The fourth-order valence-electron chi connectivity index (χ4n) is 2.42. The van der Waals surface area contributed by atoms with Crippen molar-refractivity contribution < 1.29 is 17.2 Å².